The van der Waals surface area contributed by atoms with E-state index >= 15 is 0 Å². The molecule has 0 saturated carbocycles. The van der Waals surface area contributed by atoms with Crippen molar-refractivity contribution in [1.82, 2.24) is 0 Å². The van der Waals surface area contributed by atoms with E-state index in [4.69, 9.17) is 36.0 Å². The Morgan fingerprint density at radius 2 is 0.686 bits per heavy atom. The third-order valence-corrected chi connectivity index (χ3v) is 19.4. The van der Waals surface area contributed by atoms with E-state index in [1.165, 1.54) is 0 Å². The maximum atomic E-state index is 6.76. The Morgan fingerprint density at radius 1 is 0.392 bits per heavy atom. The highest BCUT2D eigenvalue weighted by molar-refractivity contribution is 6.90. The van der Waals surface area contributed by atoms with Crippen LogP contribution in [0.5, 0.6) is 0 Å². The lowest BCUT2D eigenvalue weighted by Gasteiger charge is -2.42. The number of hydrogen-bond donors (Lipinski definition) is 0. The van der Waals surface area contributed by atoms with Gasteiger partial charge in [0.2, 0.25) is 0 Å². The average Bonchev–Trinajstić information content (AvgIpc) is 3.05. The van der Waals surface area contributed by atoms with Gasteiger partial charge >= 0.3 is 8.80 Å². The molecule has 0 unspecified atom stereocenters. The van der Waals surface area contributed by atoms with Crippen molar-refractivity contribution in [2.24, 2.45) is 0 Å². The van der Waals surface area contributed by atoms with Crippen LogP contribution in [-0.2, 0) is 41.6 Å². The van der Waals surface area contributed by atoms with Gasteiger partial charge in [-0.05, 0) is 82.0 Å². The van der Waals surface area contributed by atoms with Crippen molar-refractivity contribution in [1.29, 1.82) is 0 Å². The predicted octanol–water partition coefficient (Wildman–Crippen LogP) is 8.95. The van der Waals surface area contributed by atoms with Crippen LogP contribution in [-0.4, -0.2) is 93.2 Å². The molecule has 0 fully saturated rings. The molecule has 0 atom stereocenters. The molecule has 0 aromatic heterocycles. The number of rotatable bonds is 26. The van der Waals surface area contributed by atoms with Crippen molar-refractivity contribution in [3.63, 3.8) is 0 Å². The van der Waals surface area contributed by atoms with Gasteiger partial charge in [-0.15, -0.1) is 0 Å². The van der Waals surface area contributed by atoms with Crippen LogP contribution < -0.4 is 0 Å². The van der Waals surface area contributed by atoms with Gasteiger partial charge in [0.25, 0.3) is 0 Å². The fourth-order valence-corrected chi connectivity index (χ4v) is 20.4. The van der Waals surface area contributed by atoms with Crippen molar-refractivity contribution in [2.75, 3.05) is 59.5 Å². The van der Waals surface area contributed by atoms with Gasteiger partial charge in [-0.2, -0.15) is 0 Å². The summed E-state index contributed by atoms with van der Waals surface area (Å²) in [4.78, 5) is 0. The maximum Gasteiger partial charge on any atom is 0.469 e. The molecule has 284 valence electrons. The second-order valence-electron chi connectivity index (χ2n) is 15.5. The third-order valence-electron chi connectivity index (χ3n) is 7.36. The molecule has 0 bridgehead atoms. The van der Waals surface area contributed by atoms with Gasteiger partial charge in [0.05, 0.1) is 52.9 Å². The van der Waals surface area contributed by atoms with Crippen molar-refractivity contribution in [2.45, 2.75) is 77.0 Å². The summed E-state index contributed by atoms with van der Waals surface area (Å²) < 4.78 is 50.3. The molecule has 0 heterocycles. The van der Waals surface area contributed by atoms with Crippen LogP contribution in [0.3, 0.4) is 0 Å². The first kappa shape index (κ1) is 43.6. The number of hydrogen-bond acceptors (Lipinski definition) is 8. The van der Waals surface area contributed by atoms with E-state index in [0.717, 1.165) is 29.2 Å². The van der Waals surface area contributed by atoms with Gasteiger partial charge in [0, 0.05) is 12.7 Å². The summed E-state index contributed by atoms with van der Waals surface area (Å²) >= 11 is 0. The lowest BCUT2D eigenvalue weighted by atomic mass is 9.80. The zero-order valence-corrected chi connectivity index (χ0v) is 36.7. The Hall–Kier alpha value is -1.79. The van der Waals surface area contributed by atoms with Crippen molar-refractivity contribution < 1.29 is 36.0 Å². The van der Waals surface area contributed by atoms with Gasteiger partial charge in [-0.1, -0.05) is 91.0 Å². The molecule has 0 aliphatic carbocycles. The molecule has 8 nitrogen and oxygen atoms in total. The average molecular weight is 773 g/mol. The fourth-order valence-electron chi connectivity index (χ4n) is 5.79. The Kier molecular flexibility index (Phi) is 18.1. The maximum absolute atomic E-state index is 6.76. The molecule has 0 aliphatic heterocycles. The first-order valence-corrected chi connectivity index (χ1v) is 30.5. The minimum atomic E-state index is -2.82. The summed E-state index contributed by atoms with van der Waals surface area (Å²) in [7, 11) is -8.44. The lowest BCUT2D eigenvalue weighted by Crippen LogP contribution is -2.60. The smallest absolute Gasteiger partial charge is 0.417 e. The van der Waals surface area contributed by atoms with E-state index in [2.05, 4.69) is 132 Å². The Morgan fingerprint density at radius 3 is 1.00 bits per heavy atom. The van der Waals surface area contributed by atoms with Crippen LogP contribution in [0.4, 0.5) is 0 Å². The lowest BCUT2D eigenvalue weighted by molar-refractivity contribution is -0.0384. The van der Waals surface area contributed by atoms with Crippen molar-refractivity contribution >= 4 is 33.8 Å². The normalized spacial score (nSPS) is 13.1. The predicted molar refractivity (Wildman–Crippen MR) is 217 cm³/mol. The monoisotopic (exact) mass is 772 g/mol. The van der Waals surface area contributed by atoms with Gasteiger partial charge < -0.3 is 36.0 Å². The summed E-state index contributed by atoms with van der Waals surface area (Å²) in [6.07, 6.45) is 0.839. The third kappa shape index (κ3) is 16.4. The van der Waals surface area contributed by atoms with E-state index in [-0.39, 0.29) is 0 Å². The van der Waals surface area contributed by atoms with Crippen LogP contribution in [0.25, 0.3) is 0 Å². The van der Waals surface area contributed by atoms with Gasteiger partial charge in [-0.25, -0.2) is 0 Å². The second-order valence-corrected chi connectivity index (χ2v) is 32.5. The highest BCUT2D eigenvalue weighted by Gasteiger charge is 2.49. The van der Waals surface area contributed by atoms with Gasteiger partial charge in [0.15, 0.2) is 25.0 Å². The highest BCUT2D eigenvalue weighted by atomic mass is 28.5. The minimum Gasteiger partial charge on any atom is -0.417 e. The van der Waals surface area contributed by atoms with E-state index < -0.39 is 39.4 Å². The summed E-state index contributed by atoms with van der Waals surface area (Å²) in [5.74, 6) is 0. The molecule has 0 saturated heterocycles. The first-order valence-electron chi connectivity index (χ1n) is 18.4. The fraction of sp³-hybridized carbons (Fsp3) is 0.538. The van der Waals surface area contributed by atoms with Gasteiger partial charge in [-0.3, -0.25) is 0 Å². The molecular weight excluding hydrogens is 709 g/mol. The molecule has 3 aromatic carbocycles. The summed E-state index contributed by atoms with van der Waals surface area (Å²) in [5, 5.41) is 0. The molecule has 0 amide bonds. The van der Waals surface area contributed by atoms with Crippen molar-refractivity contribution in [3.8, 4) is 0 Å². The number of ether oxygens (including phenoxy) is 5. The van der Waals surface area contributed by atoms with E-state index in [9.17, 15) is 0 Å². The molecule has 12 heteroatoms. The Labute approximate surface area is 312 Å². The Bertz CT molecular complexity index is 1210. The topological polar surface area (TPSA) is 73.8 Å². The summed E-state index contributed by atoms with van der Waals surface area (Å²) in [5.41, 5.74) is 2.48. The van der Waals surface area contributed by atoms with E-state index in [1.807, 2.05) is 18.2 Å². The first-order chi connectivity index (χ1) is 24.1. The molecule has 3 rings (SSSR count). The van der Waals surface area contributed by atoms with Gasteiger partial charge in [0.1, 0.15) is 5.60 Å². The van der Waals surface area contributed by atoms with E-state index in [0.29, 0.717) is 59.5 Å². The molecule has 51 heavy (non-hydrogen) atoms. The van der Waals surface area contributed by atoms with Crippen molar-refractivity contribution in [3.05, 3.63) is 108 Å². The minimum absolute atomic E-state index is 0.424. The number of benzene rings is 3. The SMILES string of the molecule is C[Si](C)(C)O[Si](CCCOCCOCCOCCOCCOC(c1ccccc1)(c1ccccc1)c1ccccc1)(O[Si](C)(C)C)O[Si](C)(C)C. The van der Waals surface area contributed by atoms with Crippen LogP contribution in [0.15, 0.2) is 91.0 Å². The molecule has 0 aliphatic rings. The summed E-state index contributed by atoms with van der Waals surface area (Å²) in [6, 6.07) is 31.9. The quantitative estimate of drug-likeness (QED) is 0.0455. The summed E-state index contributed by atoms with van der Waals surface area (Å²) in [6.45, 7) is 24.5. The molecular formula is C39H64O8Si4. The molecule has 0 radical (unpaired) electrons. The van der Waals surface area contributed by atoms with Crippen LogP contribution in [0.1, 0.15) is 23.1 Å². The zero-order chi connectivity index (χ0) is 37.3. The van der Waals surface area contributed by atoms with Crippen LogP contribution >= 0.6 is 0 Å². The highest BCUT2D eigenvalue weighted by Crippen LogP contribution is 2.40. The standard InChI is InChI=1S/C39H64O8Si4/c1-48(2,3)45-51(46-49(4,5)6,47-50(7,8)9)35-19-26-40-27-28-41-29-30-42-31-32-43-33-34-44-39(36-20-13-10-14-21-36,37-22-15-11-16-23-37)38-24-17-12-18-25-38/h10-18,20-25H,19,26-35H2,1-9H3. The Balaban J connectivity index is 1.32. The second kappa shape index (κ2) is 21.2. The zero-order valence-electron chi connectivity index (χ0n) is 32.7. The molecule has 0 spiro atoms. The van der Waals surface area contributed by atoms with E-state index in [1.54, 1.807) is 0 Å². The largest absolute Gasteiger partial charge is 0.469 e. The van der Waals surface area contributed by atoms with Crippen LogP contribution in [0, 0.1) is 0 Å². The molecule has 0 N–H and O–H groups in total. The molecule has 3 aromatic rings. The van der Waals surface area contributed by atoms with Crippen LogP contribution in [0.2, 0.25) is 65.0 Å².